The van der Waals surface area contributed by atoms with E-state index in [0.717, 1.165) is 16.7 Å². The number of hydrogen-bond acceptors (Lipinski definition) is 19. The highest BCUT2D eigenvalue weighted by Crippen LogP contribution is 2.41. The maximum atomic E-state index is 14.0. The fourth-order valence-corrected chi connectivity index (χ4v) is 14.5. The third-order valence-electron chi connectivity index (χ3n) is 15.1. The normalized spacial score (nSPS) is 27.8. The zero-order valence-corrected chi connectivity index (χ0v) is 52.8. The molecule has 472 valence electrons. The number of aliphatic hydroxyl groups excluding tert-OH is 1. The Hall–Kier alpha value is -4.79. The van der Waals surface area contributed by atoms with Crippen molar-refractivity contribution in [3.63, 3.8) is 0 Å². The molecule has 1 amide bonds. The molecular formula is C62H80Cl3NO19Si. The Morgan fingerprint density at radius 2 is 0.977 bits per heavy atom. The summed E-state index contributed by atoms with van der Waals surface area (Å²) in [5.41, 5.74) is 3.19. The molecular weight excluding hydrogens is 1200 g/mol. The summed E-state index contributed by atoms with van der Waals surface area (Å²) < 4.78 is 90.0. The van der Waals surface area contributed by atoms with Crippen molar-refractivity contribution in [3.8, 4) is 0 Å². The highest BCUT2D eigenvalue weighted by Gasteiger charge is 2.59. The molecule has 20 nitrogen and oxygen atoms in total. The van der Waals surface area contributed by atoms with E-state index in [-0.39, 0.29) is 45.2 Å². The van der Waals surface area contributed by atoms with E-state index in [2.05, 4.69) is 33.0 Å². The molecule has 0 spiro atoms. The first kappa shape index (κ1) is 68.7. The van der Waals surface area contributed by atoms with Gasteiger partial charge in [-0.1, -0.05) is 184 Å². The average Bonchev–Trinajstić information content (AvgIpc) is 1.02. The van der Waals surface area contributed by atoms with E-state index in [0.29, 0.717) is 17.7 Å². The summed E-state index contributed by atoms with van der Waals surface area (Å²) in [5, 5.41) is 15.0. The van der Waals surface area contributed by atoms with Crippen molar-refractivity contribution in [1.82, 2.24) is 5.32 Å². The van der Waals surface area contributed by atoms with Crippen LogP contribution in [-0.4, -0.2) is 153 Å². The van der Waals surface area contributed by atoms with Gasteiger partial charge in [0.1, 0.15) is 55.4 Å². The number of alkyl carbamates (subject to hydrolysis) is 1. The predicted molar refractivity (Wildman–Crippen MR) is 318 cm³/mol. The molecule has 0 bridgehead atoms. The van der Waals surface area contributed by atoms with Gasteiger partial charge in [-0.25, -0.2) is 4.79 Å². The van der Waals surface area contributed by atoms with Crippen molar-refractivity contribution < 1.29 is 90.3 Å². The predicted octanol–water partition coefficient (Wildman–Crippen LogP) is 9.59. The molecule has 0 radical (unpaired) electrons. The van der Waals surface area contributed by atoms with Crippen LogP contribution in [0.4, 0.5) is 4.79 Å². The van der Waals surface area contributed by atoms with Gasteiger partial charge in [0.25, 0.3) is 0 Å². The SMILES string of the molecule is CC[Si](CC)(O[C@H]1[C@@H](OC(C)=O)[C@@H](COCc2ccccc2)O[C@@H](O[C@H]2[C@H](O[C@@H]3O[C@@H](C)[C@@H](OC(C)=O)[C@@H](OC(C)=O)[C@@H]3OCc3ccccc3)[C@@H](NC(=O)OCC(Cl)(Cl)Cl)[C@H](O)O[C@@H]2COCc2ccccc2)[C@@H]1OCc1ccccc1)C(C)C. The van der Waals surface area contributed by atoms with Crippen LogP contribution >= 0.6 is 34.8 Å². The first-order chi connectivity index (χ1) is 41.2. The van der Waals surface area contributed by atoms with Crippen LogP contribution in [0, 0.1) is 0 Å². The van der Waals surface area contributed by atoms with E-state index in [4.69, 9.17) is 101 Å². The maximum Gasteiger partial charge on any atom is 0.407 e. The Morgan fingerprint density at radius 3 is 1.43 bits per heavy atom. The minimum Gasteiger partial charge on any atom is -0.457 e. The fraction of sp³-hybridized carbons (Fsp3) is 0.548. The number of carbonyl (C=O) groups excluding carboxylic acids is 4. The van der Waals surface area contributed by atoms with Crippen molar-refractivity contribution in [1.29, 1.82) is 0 Å². The van der Waals surface area contributed by atoms with Gasteiger partial charge in [-0.05, 0) is 46.8 Å². The Bertz CT molecular complexity index is 2700. The van der Waals surface area contributed by atoms with Gasteiger partial charge < -0.3 is 76.4 Å². The van der Waals surface area contributed by atoms with Crippen LogP contribution < -0.4 is 5.32 Å². The molecule has 7 rings (SSSR count). The van der Waals surface area contributed by atoms with Crippen LogP contribution in [-0.2, 0) is 107 Å². The van der Waals surface area contributed by atoms with Crippen molar-refractivity contribution in [2.75, 3.05) is 19.8 Å². The second-order valence-electron chi connectivity index (χ2n) is 21.6. The molecule has 0 aromatic heterocycles. The molecule has 3 fully saturated rings. The van der Waals surface area contributed by atoms with Gasteiger partial charge in [-0.3, -0.25) is 14.4 Å². The number of benzene rings is 4. The lowest BCUT2D eigenvalue weighted by molar-refractivity contribution is -0.376. The third-order valence-corrected chi connectivity index (χ3v) is 20.7. The van der Waals surface area contributed by atoms with Crippen LogP contribution in [0.5, 0.6) is 0 Å². The molecule has 4 aromatic carbocycles. The van der Waals surface area contributed by atoms with E-state index in [1.807, 2.05) is 121 Å². The quantitative estimate of drug-likeness (QED) is 0.0233. The molecule has 3 aliphatic rings. The largest absolute Gasteiger partial charge is 0.457 e. The van der Waals surface area contributed by atoms with Crippen molar-refractivity contribution in [3.05, 3.63) is 144 Å². The van der Waals surface area contributed by atoms with Crippen LogP contribution in [0.3, 0.4) is 0 Å². The number of ether oxygens (including phenoxy) is 13. The lowest BCUT2D eigenvalue weighted by atomic mass is 9.94. The summed E-state index contributed by atoms with van der Waals surface area (Å²) in [6.45, 7) is 12.6. The highest BCUT2D eigenvalue weighted by atomic mass is 35.6. The number of halogens is 3. The summed E-state index contributed by atoms with van der Waals surface area (Å²) in [6.07, 6.45) is -20.4. The van der Waals surface area contributed by atoms with Gasteiger partial charge in [0.2, 0.25) is 3.79 Å². The van der Waals surface area contributed by atoms with Gasteiger partial charge in [-0.15, -0.1) is 0 Å². The minimum absolute atomic E-state index is 0.0110. The van der Waals surface area contributed by atoms with E-state index >= 15 is 0 Å². The number of carbonyl (C=O) groups is 4. The van der Waals surface area contributed by atoms with Crippen LogP contribution in [0.25, 0.3) is 0 Å². The number of aliphatic hydroxyl groups is 1. The summed E-state index contributed by atoms with van der Waals surface area (Å²) >= 11 is 18.2. The number of nitrogens with one attached hydrogen (secondary N) is 1. The summed E-state index contributed by atoms with van der Waals surface area (Å²) in [6, 6.07) is 37.0. The fourth-order valence-electron chi connectivity index (χ4n) is 10.8. The topological polar surface area (TPSA) is 230 Å². The summed E-state index contributed by atoms with van der Waals surface area (Å²) in [5.74, 6) is -2.07. The third kappa shape index (κ3) is 19.9. The van der Waals surface area contributed by atoms with Crippen LogP contribution in [0.15, 0.2) is 121 Å². The number of rotatable bonds is 28. The molecule has 2 N–H and O–H groups in total. The standard InChI is InChI=1S/C62H80Cl3NO19Si/c1-9-86(10-2,38(3)4)85-55-52(79-41(7)68)48(36-73-32-44-25-17-12-18-26-44)82-60(57(55)75-34-46-29-21-14-22-30-46)83-51-47(35-72-31-43-23-15-11-16-24-43)81-58(70)49(66-61(71)76-37-62(63,64)65)53(51)84-59-56(74-33-45-27-19-13-20-28-45)54(80-42(8)69)50(39(5)77-59)78-40(6)67/h11-30,38-39,47-60,70H,9-10,31-37H2,1-8H3,(H,66,71)/t39-,47+,48+,49+,50+,51+,52-,53+,54+,55-,56-,57+,58+,59-,60-/m0/s1. The second kappa shape index (κ2) is 33.1. The number of alkyl halides is 3. The lowest BCUT2D eigenvalue weighted by Gasteiger charge is -2.52. The Kier molecular flexibility index (Phi) is 26.5. The van der Waals surface area contributed by atoms with Gasteiger partial charge in [0.15, 0.2) is 45.5 Å². The molecule has 0 saturated carbocycles. The second-order valence-corrected chi connectivity index (χ2v) is 29.1. The zero-order chi connectivity index (χ0) is 62.0. The zero-order valence-electron chi connectivity index (χ0n) is 49.6. The first-order valence-electron chi connectivity index (χ1n) is 28.9. The lowest BCUT2D eigenvalue weighted by Crippen LogP contribution is -2.70. The van der Waals surface area contributed by atoms with E-state index in [9.17, 15) is 24.3 Å². The van der Waals surface area contributed by atoms with Gasteiger partial charge in [0, 0.05) is 20.8 Å². The minimum atomic E-state index is -2.81. The van der Waals surface area contributed by atoms with Gasteiger partial charge in [0.05, 0.1) is 45.7 Å². The average molecular weight is 1280 g/mol. The van der Waals surface area contributed by atoms with Crippen molar-refractivity contribution in [2.45, 2.75) is 195 Å². The molecule has 3 aliphatic heterocycles. The Morgan fingerprint density at radius 1 is 0.558 bits per heavy atom. The van der Waals surface area contributed by atoms with Gasteiger partial charge >= 0.3 is 24.0 Å². The van der Waals surface area contributed by atoms with Crippen LogP contribution in [0.2, 0.25) is 17.6 Å². The molecule has 24 heteroatoms. The van der Waals surface area contributed by atoms with Crippen molar-refractivity contribution >= 4 is 67.1 Å². The number of amides is 1. The summed E-state index contributed by atoms with van der Waals surface area (Å²) in [4.78, 5) is 53.3. The molecule has 15 atom stereocenters. The number of esters is 3. The maximum absolute atomic E-state index is 14.0. The van der Waals surface area contributed by atoms with E-state index < -0.39 is 135 Å². The summed E-state index contributed by atoms with van der Waals surface area (Å²) in [7, 11) is -2.81. The molecule has 0 aliphatic carbocycles. The highest BCUT2D eigenvalue weighted by molar-refractivity contribution is 6.75. The van der Waals surface area contributed by atoms with Crippen LogP contribution in [0.1, 0.15) is 77.6 Å². The first-order valence-corrected chi connectivity index (χ1v) is 32.4. The molecule has 0 unspecified atom stereocenters. The Balaban J connectivity index is 1.41. The van der Waals surface area contributed by atoms with Gasteiger partial charge in [-0.2, -0.15) is 0 Å². The Labute approximate surface area is 518 Å². The smallest absolute Gasteiger partial charge is 0.407 e. The monoisotopic (exact) mass is 1280 g/mol. The number of hydrogen-bond donors (Lipinski definition) is 2. The molecule has 86 heavy (non-hydrogen) atoms. The molecule has 3 saturated heterocycles. The van der Waals surface area contributed by atoms with E-state index in [1.165, 1.54) is 20.8 Å². The molecule has 4 aromatic rings. The molecule has 3 heterocycles. The van der Waals surface area contributed by atoms with Crippen molar-refractivity contribution in [2.24, 2.45) is 0 Å². The van der Waals surface area contributed by atoms with E-state index in [1.54, 1.807) is 6.92 Å².